The number of aromatic nitrogens is 3. The molecule has 1 aromatic carbocycles. The highest BCUT2D eigenvalue weighted by Crippen LogP contribution is 2.64. The highest BCUT2D eigenvalue weighted by Gasteiger charge is 2.56. The predicted molar refractivity (Wildman–Crippen MR) is 68.3 cm³/mol. The van der Waals surface area contributed by atoms with Crippen LogP contribution in [0.4, 0.5) is 5.95 Å². The van der Waals surface area contributed by atoms with E-state index in [0.717, 1.165) is 12.2 Å². The molecule has 4 N–H and O–H groups in total. The van der Waals surface area contributed by atoms with Gasteiger partial charge in [-0.05, 0) is 35.8 Å². The Balaban J connectivity index is 1.75. The Labute approximate surface area is 105 Å². The molecule has 0 saturated heterocycles. The molecule has 1 fully saturated rings. The number of aryl methyl sites for hydroxylation is 1. The molecule has 0 amide bonds. The fourth-order valence-electron chi connectivity index (χ4n) is 3.46. The minimum atomic E-state index is 0.293. The highest BCUT2D eigenvalue weighted by molar-refractivity contribution is 5.43. The van der Waals surface area contributed by atoms with Crippen LogP contribution in [0.15, 0.2) is 24.3 Å². The van der Waals surface area contributed by atoms with E-state index in [4.69, 9.17) is 11.6 Å². The van der Waals surface area contributed by atoms with Gasteiger partial charge in [0.2, 0.25) is 5.95 Å². The molecular weight excluding hydrogens is 226 g/mol. The SMILES string of the molecule is Nc1nnc(C2C3CCc4ccccc4C32)n1N. The zero-order valence-electron chi connectivity index (χ0n) is 9.95. The van der Waals surface area contributed by atoms with Gasteiger partial charge in [-0.3, -0.25) is 0 Å². The molecule has 2 aliphatic rings. The molecule has 0 radical (unpaired) electrons. The van der Waals surface area contributed by atoms with Gasteiger partial charge in [-0.15, -0.1) is 10.2 Å². The second-order valence-electron chi connectivity index (χ2n) is 5.24. The van der Waals surface area contributed by atoms with Crippen molar-refractivity contribution >= 4 is 5.95 Å². The van der Waals surface area contributed by atoms with Crippen LogP contribution in [0.2, 0.25) is 0 Å². The molecule has 3 atom stereocenters. The van der Waals surface area contributed by atoms with Gasteiger partial charge >= 0.3 is 0 Å². The van der Waals surface area contributed by atoms with Crippen molar-refractivity contribution in [2.45, 2.75) is 24.7 Å². The van der Waals surface area contributed by atoms with Crippen molar-refractivity contribution in [3.63, 3.8) is 0 Å². The second-order valence-corrected chi connectivity index (χ2v) is 5.24. The number of nitrogens with two attached hydrogens (primary N) is 2. The Kier molecular flexibility index (Phi) is 1.79. The Morgan fingerprint density at radius 2 is 2.00 bits per heavy atom. The standard InChI is InChI=1S/C13H15N5/c14-13-17-16-12(18(13)15)11-9-6-5-7-3-1-2-4-8(7)10(9)11/h1-4,9-11H,5-6,15H2,(H2,14,17). The summed E-state index contributed by atoms with van der Waals surface area (Å²) in [7, 11) is 0. The predicted octanol–water partition coefficient (Wildman–Crippen LogP) is 1.02. The van der Waals surface area contributed by atoms with E-state index >= 15 is 0 Å². The van der Waals surface area contributed by atoms with Crippen LogP contribution < -0.4 is 11.6 Å². The van der Waals surface area contributed by atoms with Gasteiger partial charge in [-0.25, -0.2) is 4.68 Å². The number of rotatable bonds is 1. The molecule has 1 aromatic heterocycles. The van der Waals surface area contributed by atoms with Crippen molar-refractivity contribution in [2.24, 2.45) is 5.92 Å². The van der Waals surface area contributed by atoms with E-state index in [1.54, 1.807) is 0 Å². The van der Waals surface area contributed by atoms with Crippen molar-refractivity contribution in [1.29, 1.82) is 0 Å². The molecule has 1 heterocycles. The first-order chi connectivity index (χ1) is 8.77. The van der Waals surface area contributed by atoms with Crippen LogP contribution in [0.1, 0.15) is 35.2 Å². The summed E-state index contributed by atoms with van der Waals surface area (Å²) in [5, 5.41) is 7.99. The van der Waals surface area contributed by atoms with Crippen molar-refractivity contribution in [3.05, 3.63) is 41.2 Å². The number of fused-ring (bicyclic) bond motifs is 3. The summed E-state index contributed by atoms with van der Waals surface area (Å²) in [6.45, 7) is 0. The monoisotopic (exact) mass is 241 g/mol. The third-order valence-electron chi connectivity index (χ3n) is 4.38. The summed E-state index contributed by atoms with van der Waals surface area (Å²) >= 11 is 0. The summed E-state index contributed by atoms with van der Waals surface area (Å²) in [5.41, 5.74) is 8.58. The van der Waals surface area contributed by atoms with E-state index in [9.17, 15) is 0 Å². The van der Waals surface area contributed by atoms with Crippen LogP contribution in [-0.4, -0.2) is 14.9 Å². The molecular formula is C13H15N5. The molecule has 2 aliphatic carbocycles. The number of hydrogen-bond acceptors (Lipinski definition) is 4. The zero-order valence-corrected chi connectivity index (χ0v) is 9.95. The number of benzene rings is 1. The highest BCUT2D eigenvalue weighted by atomic mass is 15.4. The summed E-state index contributed by atoms with van der Waals surface area (Å²) in [4.78, 5) is 0. The van der Waals surface area contributed by atoms with Crippen LogP contribution in [0.5, 0.6) is 0 Å². The lowest BCUT2D eigenvalue weighted by Crippen LogP contribution is -2.15. The van der Waals surface area contributed by atoms with E-state index < -0.39 is 0 Å². The quantitative estimate of drug-likeness (QED) is 0.730. The number of nitrogen functional groups attached to an aromatic ring is 2. The van der Waals surface area contributed by atoms with Crippen molar-refractivity contribution in [2.75, 3.05) is 11.6 Å². The van der Waals surface area contributed by atoms with Gasteiger partial charge < -0.3 is 11.6 Å². The lowest BCUT2D eigenvalue weighted by atomic mass is 9.92. The van der Waals surface area contributed by atoms with E-state index in [1.807, 2.05) is 0 Å². The maximum atomic E-state index is 5.88. The van der Waals surface area contributed by atoms with Crippen LogP contribution >= 0.6 is 0 Å². The molecule has 0 aliphatic heterocycles. The number of anilines is 1. The average molecular weight is 241 g/mol. The molecule has 0 bridgehead atoms. The fraction of sp³-hybridized carbons (Fsp3) is 0.385. The second kappa shape index (κ2) is 3.25. The van der Waals surface area contributed by atoms with Gasteiger partial charge in [0.15, 0.2) is 5.82 Å². The zero-order chi connectivity index (χ0) is 12.3. The average Bonchev–Trinajstić information content (AvgIpc) is 3.05. The molecule has 92 valence electrons. The molecule has 1 saturated carbocycles. The first kappa shape index (κ1) is 9.94. The van der Waals surface area contributed by atoms with E-state index in [1.165, 1.54) is 22.2 Å². The smallest absolute Gasteiger partial charge is 0.240 e. The molecule has 2 aromatic rings. The van der Waals surface area contributed by atoms with Gasteiger partial charge in [0.1, 0.15) is 0 Å². The molecule has 4 rings (SSSR count). The third-order valence-corrected chi connectivity index (χ3v) is 4.38. The Hall–Kier alpha value is -2.04. The van der Waals surface area contributed by atoms with Gasteiger partial charge in [0.25, 0.3) is 0 Å². The van der Waals surface area contributed by atoms with Crippen LogP contribution in [0, 0.1) is 5.92 Å². The molecule has 18 heavy (non-hydrogen) atoms. The lowest BCUT2D eigenvalue weighted by Gasteiger charge is -2.13. The summed E-state index contributed by atoms with van der Waals surface area (Å²) in [6.07, 6.45) is 2.36. The number of hydrogen-bond donors (Lipinski definition) is 2. The summed E-state index contributed by atoms with van der Waals surface area (Å²) in [6, 6.07) is 8.67. The van der Waals surface area contributed by atoms with Crippen LogP contribution in [0.3, 0.4) is 0 Å². The number of nitrogens with zero attached hydrogens (tertiary/aromatic N) is 3. The molecule has 5 nitrogen and oxygen atoms in total. The molecule has 3 unspecified atom stereocenters. The lowest BCUT2D eigenvalue weighted by molar-refractivity contribution is 0.651. The van der Waals surface area contributed by atoms with Crippen molar-refractivity contribution in [3.8, 4) is 0 Å². The van der Waals surface area contributed by atoms with Crippen LogP contribution in [-0.2, 0) is 6.42 Å². The Morgan fingerprint density at radius 1 is 1.17 bits per heavy atom. The third kappa shape index (κ3) is 1.16. The Bertz CT molecular complexity index is 618. The van der Waals surface area contributed by atoms with E-state index in [2.05, 4.69) is 34.5 Å². The van der Waals surface area contributed by atoms with E-state index in [-0.39, 0.29) is 0 Å². The normalized spacial score (nSPS) is 28.6. The van der Waals surface area contributed by atoms with E-state index in [0.29, 0.717) is 23.7 Å². The first-order valence-corrected chi connectivity index (χ1v) is 6.31. The van der Waals surface area contributed by atoms with Crippen molar-refractivity contribution in [1.82, 2.24) is 14.9 Å². The maximum Gasteiger partial charge on any atom is 0.240 e. The fourth-order valence-corrected chi connectivity index (χ4v) is 3.46. The van der Waals surface area contributed by atoms with Gasteiger partial charge in [0.05, 0.1) is 0 Å². The minimum absolute atomic E-state index is 0.293. The van der Waals surface area contributed by atoms with Crippen molar-refractivity contribution < 1.29 is 0 Å². The van der Waals surface area contributed by atoms with Gasteiger partial charge in [0, 0.05) is 5.92 Å². The van der Waals surface area contributed by atoms with Gasteiger partial charge in [-0.1, -0.05) is 24.3 Å². The molecule has 0 spiro atoms. The Morgan fingerprint density at radius 3 is 2.78 bits per heavy atom. The first-order valence-electron chi connectivity index (χ1n) is 6.31. The van der Waals surface area contributed by atoms with Crippen LogP contribution in [0.25, 0.3) is 0 Å². The molecule has 5 heteroatoms. The van der Waals surface area contributed by atoms with Gasteiger partial charge in [-0.2, -0.15) is 0 Å². The maximum absolute atomic E-state index is 5.88. The topological polar surface area (TPSA) is 82.8 Å². The largest absolute Gasteiger partial charge is 0.366 e. The summed E-state index contributed by atoms with van der Waals surface area (Å²) < 4.78 is 1.44. The minimum Gasteiger partial charge on any atom is -0.366 e. The summed E-state index contributed by atoms with van der Waals surface area (Å²) in [5.74, 6) is 8.62.